The zero-order chi connectivity index (χ0) is 13.1. The van der Waals surface area contributed by atoms with Gasteiger partial charge in [0.2, 0.25) is 0 Å². The molecule has 1 aliphatic rings. The lowest BCUT2D eigenvalue weighted by atomic mass is 9.98. The molecule has 2 rings (SSSR count). The molecule has 0 saturated carbocycles. The summed E-state index contributed by atoms with van der Waals surface area (Å²) >= 11 is 0. The summed E-state index contributed by atoms with van der Waals surface area (Å²) in [7, 11) is 0. The lowest BCUT2D eigenvalue weighted by molar-refractivity contribution is 0.0522. The Kier molecular flexibility index (Phi) is 3.97. The molecule has 2 heterocycles. The molecule has 1 fully saturated rings. The van der Waals surface area contributed by atoms with Gasteiger partial charge in [0.15, 0.2) is 0 Å². The van der Waals surface area contributed by atoms with Crippen LogP contribution < -0.4 is 5.32 Å². The molecule has 1 saturated heterocycles. The molecule has 1 aromatic rings. The smallest absolute Gasteiger partial charge is 0.254 e. The van der Waals surface area contributed by atoms with E-state index in [0.29, 0.717) is 12.0 Å². The summed E-state index contributed by atoms with van der Waals surface area (Å²) in [4.78, 5) is 18.5. The van der Waals surface area contributed by atoms with Crippen molar-refractivity contribution in [2.75, 3.05) is 13.1 Å². The standard InChI is InChI=1S/C14H21N3O/c1-10(2)13-8-16-11(3)9-17(13)14(18)12-4-6-15-7-5-12/h4-7,10-11,13,16H,8-9H2,1-3H3. The van der Waals surface area contributed by atoms with E-state index in [2.05, 4.69) is 31.1 Å². The molecular formula is C14H21N3O. The average Bonchev–Trinajstić information content (AvgIpc) is 2.38. The van der Waals surface area contributed by atoms with E-state index < -0.39 is 0 Å². The Labute approximate surface area is 108 Å². The van der Waals surface area contributed by atoms with Gasteiger partial charge in [0.05, 0.1) is 0 Å². The highest BCUT2D eigenvalue weighted by atomic mass is 16.2. The van der Waals surface area contributed by atoms with Crippen LogP contribution in [0.25, 0.3) is 0 Å². The third-order valence-electron chi connectivity index (χ3n) is 3.50. The van der Waals surface area contributed by atoms with Gasteiger partial charge in [-0.2, -0.15) is 0 Å². The Morgan fingerprint density at radius 3 is 2.72 bits per heavy atom. The summed E-state index contributed by atoms with van der Waals surface area (Å²) in [5.74, 6) is 0.570. The van der Waals surface area contributed by atoms with Crippen molar-refractivity contribution in [2.45, 2.75) is 32.9 Å². The SMILES string of the molecule is CC1CN(C(=O)c2ccncc2)C(C(C)C)CN1. The number of pyridine rings is 1. The number of aromatic nitrogens is 1. The fourth-order valence-electron chi connectivity index (χ4n) is 2.42. The van der Waals surface area contributed by atoms with Crippen LogP contribution in [0.15, 0.2) is 24.5 Å². The molecule has 18 heavy (non-hydrogen) atoms. The Morgan fingerprint density at radius 2 is 2.11 bits per heavy atom. The van der Waals surface area contributed by atoms with Crippen molar-refractivity contribution in [3.63, 3.8) is 0 Å². The number of hydrogen-bond acceptors (Lipinski definition) is 3. The molecule has 0 aromatic carbocycles. The van der Waals surface area contributed by atoms with Gasteiger partial charge in [0, 0.05) is 43.1 Å². The predicted molar refractivity (Wildman–Crippen MR) is 71.4 cm³/mol. The van der Waals surface area contributed by atoms with E-state index >= 15 is 0 Å². The van der Waals surface area contributed by atoms with Crippen LogP contribution in [-0.4, -0.2) is 41.0 Å². The maximum Gasteiger partial charge on any atom is 0.254 e. The molecular weight excluding hydrogens is 226 g/mol. The highest BCUT2D eigenvalue weighted by Gasteiger charge is 2.31. The summed E-state index contributed by atoms with van der Waals surface area (Å²) in [6.45, 7) is 8.08. The lowest BCUT2D eigenvalue weighted by Gasteiger charge is -2.41. The normalized spacial score (nSPS) is 24.3. The van der Waals surface area contributed by atoms with E-state index in [-0.39, 0.29) is 11.9 Å². The van der Waals surface area contributed by atoms with Gasteiger partial charge in [0.1, 0.15) is 0 Å². The Hall–Kier alpha value is -1.42. The first-order chi connectivity index (χ1) is 8.59. The second kappa shape index (κ2) is 5.48. The molecule has 0 radical (unpaired) electrons. The van der Waals surface area contributed by atoms with Crippen molar-refractivity contribution in [1.29, 1.82) is 0 Å². The van der Waals surface area contributed by atoms with Crippen LogP contribution in [0.5, 0.6) is 0 Å². The fraction of sp³-hybridized carbons (Fsp3) is 0.571. The van der Waals surface area contributed by atoms with Crippen LogP contribution in [0.2, 0.25) is 0 Å². The fourth-order valence-corrected chi connectivity index (χ4v) is 2.42. The number of piperazine rings is 1. The van der Waals surface area contributed by atoms with Crippen molar-refractivity contribution in [3.05, 3.63) is 30.1 Å². The molecule has 0 spiro atoms. The zero-order valence-corrected chi connectivity index (χ0v) is 11.3. The number of carbonyl (C=O) groups is 1. The van der Waals surface area contributed by atoms with Gasteiger partial charge in [-0.1, -0.05) is 13.8 Å². The molecule has 1 aromatic heterocycles. The van der Waals surface area contributed by atoms with E-state index in [1.54, 1.807) is 24.5 Å². The third kappa shape index (κ3) is 2.70. The Bertz CT molecular complexity index is 405. The maximum absolute atomic E-state index is 12.5. The number of nitrogens with zero attached hydrogens (tertiary/aromatic N) is 2. The number of rotatable bonds is 2. The van der Waals surface area contributed by atoms with Crippen molar-refractivity contribution in [2.24, 2.45) is 5.92 Å². The van der Waals surface area contributed by atoms with Crippen molar-refractivity contribution >= 4 is 5.91 Å². The van der Waals surface area contributed by atoms with Crippen LogP contribution in [0.3, 0.4) is 0 Å². The number of carbonyl (C=O) groups excluding carboxylic acids is 1. The maximum atomic E-state index is 12.5. The number of hydrogen-bond donors (Lipinski definition) is 1. The highest BCUT2D eigenvalue weighted by Crippen LogP contribution is 2.18. The summed E-state index contributed by atoms with van der Waals surface area (Å²) < 4.78 is 0. The zero-order valence-electron chi connectivity index (χ0n) is 11.3. The first-order valence-corrected chi connectivity index (χ1v) is 6.54. The van der Waals surface area contributed by atoms with Gasteiger partial charge in [0.25, 0.3) is 5.91 Å². The van der Waals surface area contributed by atoms with E-state index in [1.165, 1.54) is 0 Å². The molecule has 0 aliphatic carbocycles. The lowest BCUT2D eigenvalue weighted by Crippen LogP contribution is -2.59. The molecule has 4 heteroatoms. The molecule has 1 amide bonds. The van der Waals surface area contributed by atoms with Crippen molar-refractivity contribution in [1.82, 2.24) is 15.2 Å². The molecule has 4 nitrogen and oxygen atoms in total. The second-order valence-corrected chi connectivity index (χ2v) is 5.31. The summed E-state index contributed by atoms with van der Waals surface area (Å²) in [5.41, 5.74) is 0.727. The predicted octanol–water partition coefficient (Wildman–Crippen LogP) is 1.54. The van der Waals surface area contributed by atoms with Crippen LogP contribution in [-0.2, 0) is 0 Å². The largest absolute Gasteiger partial charge is 0.333 e. The van der Waals surface area contributed by atoms with E-state index in [9.17, 15) is 4.79 Å². The Morgan fingerprint density at radius 1 is 1.44 bits per heavy atom. The van der Waals surface area contributed by atoms with Crippen LogP contribution in [0.1, 0.15) is 31.1 Å². The minimum Gasteiger partial charge on any atom is -0.333 e. The van der Waals surface area contributed by atoms with Crippen LogP contribution in [0, 0.1) is 5.92 Å². The van der Waals surface area contributed by atoms with Crippen molar-refractivity contribution in [3.8, 4) is 0 Å². The van der Waals surface area contributed by atoms with E-state index in [4.69, 9.17) is 0 Å². The van der Waals surface area contributed by atoms with Gasteiger partial charge in [-0.15, -0.1) is 0 Å². The van der Waals surface area contributed by atoms with Gasteiger partial charge in [-0.25, -0.2) is 0 Å². The average molecular weight is 247 g/mol. The second-order valence-electron chi connectivity index (χ2n) is 5.31. The summed E-state index contributed by atoms with van der Waals surface area (Å²) in [6, 6.07) is 4.19. The Balaban J connectivity index is 2.20. The minimum atomic E-state index is 0.115. The number of nitrogens with one attached hydrogen (secondary N) is 1. The summed E-state index contributed by atoms with van der Waals surface area (Å²) in [5, 5.41) is 3.44. The van der Waals surface area contributed by atoms with Gasteiger partial charge >= 0.3 is 0 Å². The van der Waals surface area contributed by atoms with Gasteiger partial charge in [-0.05, 0) is 25.0 Å². The topological polar surface area (TPSA) is 45.2 Å². The quantitative estimate of drug-likeness (QED) is 0.862. The van der Waals surface area contributed by atoms with Crippen molar-refractivity contribution < 1.29 is 4.79 Å². The first kappa shape index (κ1) is 13.0. The van der Waals surface area contributed by atoms with Gasteiger partial charge in [-0.3, -0.25) is 9.78 Å². The minimum absolute atomic E-state index is 0.115. The number of amides is 1. The summed E-state index contributed by atoms with van der Waals surface area (Å²) in [6.07, 6.45) is 3.34. The molecule has 2 atom stereocenters. The van der Waals surface area contributed by atoms with E-state index in [1.807, 2.05) is 4.90 Å². The molecule has 0 bridgehead atoms. The third-order valence-corrected chi connectivity index (χ3v) is 3.50. The molecule has 2 unspecified atom stereocenters. The highest BCUT2D eigenvalue weighted by molar-refractivity contribution is 5.94. The monoisotopic (exact) mass is 247 g/mol. The molecule has 98 valence electrons. The molecule has 1 N–H and O–H groups in total. The van der Waals surface area contributed by atoms with Gasteiger partial charge < -0.3 is 10.2 Å². The van der Waals surface area contributed by atoms with Crippen LogP contribution >= 0.6 is 0 Å². The first-order valence-electron chi connectivity index (χ1n) is 6.54. The van der Waals surface area contributed by atoms with E-state index in [0.717, 1.165) is 18.7 Å². The molecule has 1 aliphatic heterocycles. The van der Waals surface area contributed by atoms with Crippen LogP contribution in [0.4, 0.5) is 0 Å².